The molecular weight excluding hydrogens is 865 g/mol. The number of carbonyl (C=O) groups excluding carboxylic acids is 3. The molecule has 6 nitrogen and oxygen atoms in total. The van der Waals surface area contributed by atoms with Gasteiger partial charge in [-0.2, -0.15) is 0 Å². The van der Waals surface area contributed by atoms with Crippen molar-refractivity contribution in [3.05, 3.63) is 182 Å². The van der Waals surface area contributed by atoms with Crippen LogP contribution in [0.15, 0.2) is 182 Å². The number of esters is 3. The van der Waals surface area contributed by atoms with Gasteiger partial charge in [0, 0.05) is 19.3 Å². The van der Waals surface area contributed by atoms with Gasteiger partial charge < -0.3 is 14.2 Å². The van der Waals surface area contributed by atoms with Crippen LogP contribution in [-0.4, -0.2) is 37.2 Å². The monoisotopic (exact) mass is 959 g/mol. The van der Waals surface area contributed by atoms with Gasteiger partial charge in [0.25, 0.3) is 0 Å². The standard InChI is InChI=1S/C64H94O6/c1-4-7-10-13-16-19-22-25-28-30-32-34-36-39-42-45-48-51-54-57-63(66)69-60-61(59-68-62(65)56-53-50-47-44-41-38-27-24-21-18-15-12-9-6-3)70-64(67)58-55-52-49-46-43-40-37-35-33-31-29-26-23-20-17-14-11-8-5-2/h7-12,16-21,25-29,32-35,38-40,42-43,48-49,51-52,61H,4-6,13-15,22-24,30-31,36-37,41,44-47,50,53-60H2,1-3H3/b10-7-,11-8-,12-9-,19-16-,20-17-,21-18-,28-25-,29-26-,34-32-,35-33-,38-27-,42-39-,43-40-,51-48-,52-49-. The molecule has 0 amide bonds. The molecule has 1 unspecified atom stereocenters. The summed E-state index contributed by atoms with van der Waals surface area (Å²) in [6, 6.07) is 0. The lowest BCUT2D eigenvalue weighted by Crippen LogP contribution is -2.30. The molecule has 0 aromatic carbocycles. The molecular formula is C64H94O6. The minimum absolute atomic E-state index is 0.154. The summed E-state index contributed by atoms with van der Waals surface area (Å²) < 4.78 is 16.6. The van der Waals surface area contributed by atoms with E-state index < -0.39 is 18.0 Å². The summed E-state index contributed by atoms with van der Waals surface area (Å²) in [6.07, 6.45) is 84.7. The fourth-order valence-electron chi connectivity index (χ4n) is 6.27. The van der Waals surface area contributed by atoms with Crippen LogP contribution in [0.3, 0.4) is 0 Å². The van der Waals surface area contributed by atoms with Gasteiger partial charge in [0.15, 0.2) is 6.10 Å². The van der Waals surface area contributed by atoms with E-state index in [-0.39, 0.29) is 32.0 Å². The molecule has 0 N–H and O–H groups in total. The maximum Gasteiger partial charge on any atom is 0.306 e. The van der Waals surface area contributed by atoms with E-state index in [2.05, 4.69) is 179 Å². The van der Waals surface area contributed by atoms with Crippen molar-refractivity contribution in [3.63, 3.8) is 0 Å². The first-order valence-corrected chi connectivity index (χ1v) is 26.8. The molecule has 0 bridgehead atoms. The van der Waals surface area contributed by atoms with Crippen LogP contribution in [0.1, 0.15) is 181 Å². The second-order valence-electron chi connectivity index (χ2n) is 16.6. The SMILES string of the molecule is CC/C=C\C/C=C\C/C=C\C/C=C\C/C=C\C/C=C\CCC(=O)OCC(COC(=O)CCCCCC/C=C\C/C=C\C/C=C\CC)OC(=O)CC/C=C\C/C=C\C/C=C\C/C=C\C/C=C\C/C=C\CC. The normalized spacial score (nSPS) is 13.6. The molecule has 0 saturated carbocycles. The van der Waals surface area contributed by atoms with Crippen LogP contribution in [-0.2, 0) is 28.6 Å². The Hall–Kier alpha value is -5.49. The van der Waals surface area contributed by atoms with E-state index in [0.29, 0.717) is 19.3 Å². The molecule has 0 heterocycles. The fraction of sp³-hybridized carbons (Fsp3) is 0.484. The Bertz CT molecular complexity index is 1720. The number of rotatable bonds is 45. The molecule has 0 saturated heterocycles. The number of allylic oxidation sites excluding steroid dienone is 30. The molecule has 0 aliphatic heterocycles. The minimum atomic E-state index is -0.869. The predicted octanol–water partition coefficient (Wildman–Crippen LogP) is 18.1. The number of unbranched alkanes of at least 4 members (excludes halogenated alkanes) is 4. The Labute approximate surface area is 427 Å². The summed E-state index contributed by atoms with van der Waals surface area (Å²) in [7, 11) is 0. The van der Waals surface area contributed by atoms with Gasteiger partial charge in [0.1, 0.15) is 13.2 Å². The van der Waals surface area contributed by atoms with Crippen molar-refractivity contribution in [1.82, 2.24) is 0 Å². The maximum atomic E-state index is 12.8. The number of hydrogen-bond acceptors (Lipinski definition) is 6. The molecule has 0 aromatic rings. The summed E-state index contributed by atoms with van der Waals surface area (Å²) in [5.41, 5.74) is 0. The summed E-state index contributed by atoms with van der Waals surface area (Å²) >= 11 is 0. The highest BCUT2D eigenvalue weighted by molar-refractivity contribution is 5.71. The average molecular weight is 959 g/mol. The van der Waals surface area contributed by atoms with Gasteiger partial charge in [-0.1, -0.05) is 216 Å². The molecule has 0 aliphatic rings. The van der Waals surface area contributed by atoms with Crippen LogP contribution in [0.4, 0.5) is 0 Å². The maximum absolute atomic E-state index is 12.8. The Balaban J connectivity index is 4.70. The third-order valence-corrected chi connectivity index (χ3v) is 10.2. The highest BCUT2D eigenvalue weighted by Gasteiger charge is 2.19. The van der Waals surface area contributed by atoms with Crippen molar-refractivity contribution in [3.8, 4) is 0 Å². The quantitative estimate of drug-likeness (QED) is 0.0262. The fourth-order valence-corrected chi connectivity index (χ4v) is 6.27. The van der Waals surface area contributed by atoms with E-state index in [1.54, 1.807) is 0 Å². The highest BCUT2D eigenvalue weighted by Crippen LogP contribution is 2.10. The van der Waals surface area contributed by atoms with Crippen LogP contribution in [0, 0.1) is 0 Å². The van der Waals surface area contributed by atoms with Crippen molar-refractivity contribution in [1.29, 1.82) is 0 Å². The summed E-state index contributed by atoms with van der Waals surface area (Å²) in [4.78, 5) is 38.0. The van der Waals surface area contributed by atoms with Crippen LogP contribution in [0.25, 0.3) is 0 Å². The van der Waals surface area contributed by atoms with Crippen molar-refractivity contribution >= 4 is 17.9 Å². The number of ether oxygens (including phenoxy) is 3. The van der Waals surface area contributed by atoms with E-state index in [9.17, 15) is 14.4 Å². The predicted molar refractivity (Wildman–Crippen MR) is 301 cm³/mol. The van der Waals surface area contributed by atoms with Crippen LogP contribution >= 0.6 is 0 Å². The third-order valence-electron chi connectivity index (χ3n) is 10.2. The van der Waals surface area contributed by atoms with Gasteiger partial charge in [-0.25, -0.2) is 0 Å². The summed E-state index contributed by atoms with van der Waals surface area (Å²) in [5, 5.41) is 0. The third kappa shape index (κ3) is 53.5. The molecule has 70 heavy (non-hydrogen) atoms. The van der Waals surface area contributed by atoms with Crippen molar-refractivity contribution in [2.75, 3.05) is 13.2 Å². The molecule has 0 spiro atoms. The second-order valence-corrected chi connectivity index (χ2v) is 16.6. The molecule has 0 aromatic heterocycles. The van der Waals surface area contributed by atoms with Crippen LogP contribution in [0.5, 0.6) is 0 Å². The zero-order valence-corrected chi connectivity index (χ0v) is 43.9. The average Bonchev–Trinajstić information content (AvgIpc) is 3.36. The summed E-state index contributed by atoms with van der Waals surface area (Å²) in [5.74, 6) is -1.16. The topological polar surface area (TPSA) is 78.9 Å². The molecule has 0 rings (SSSR count). The first kappa shape index (κ1) is 64.5. The zero-order chi connectivity index (χ0) is 50.7. The zero-order valence-electron chi connectivity index (χ0n) is 43.9. The van der Waals surface area contributed by atoms with Gasteiger partial charge in [-0.3, -0.25) is 14.4 Å². The molecule has 0 aliphatic carbocycles. The Morgan fingerprint density at radius 3 is 0.871 bits per heavy atom. The van der Waals surface area contributed by atoms with Crippen LogP contribution in [0.2, 0.25) is 0 Å². The van der Waals surface area contributed by atoms with Crippen molar-refractivity contribution in [2.24, 2.45) is 0 Å². The largest absolute Gasteiger partial charge is 0.462 e. The Morgan fingerprint density at radius 2 is 0.543 bits per heavy atom. The van der Waals surface area contributed by atoms with Crippen molar-refractivity contribution in [2.45, 2.75) is 187 Å². The van der Waals surface area contributed by atoms with Gasteiger partial charge >= 0.3 is 17.9 Å². The van der Waals surface area contributed by atoms with E-state index in [1.165, 1.54) is 0 Å². The lowest BCUT2D eigenvalue weighted by Gasteiger charge is -2.18. The molecule has 0 fully saturated rings. The van der Waals surface area contributed by atoms with E-state index >= 15 is 0 Å². The minimum Gasteiger partial charge on any atom is -0.462 e. The molecule has 1 atom stereocenters. The van der Waals surface area contributed by atoms with E-state index in [1.807, 2.05) is 24.3 Å². The van der Waals surface area contributed by atoms with Gasteiger partial charge in [-0.15, -0.1) is 0 Å². The lowest BCUT2D eigenvalue weighted by atomic mass is 10.1. The molecule has 6 heteroatoms. The second kappa shape index (κ2) is 56.1. The first-order chi connectivity index (χ1) is 34.5. The van der Waals surface area contributed by atoms with E-state index in [0.717, 1.165) is 128 Å². The van der Waals surface area contributed by atoms with Gasteiger partial charge in [0.05, 0.1) is 0 Å². The number of hydrogen-bond donors (Lipinski definition) is 0. The first-order valence-electron chi connectivity index (χ1n) is 26.8. The lowest BCUT2D eigenvalue weighted by molar-refractivity contribution is -0.166. The van der Waals surface area contributed by atoms with Gasteiger partial charge in [-0.05, 0) is 128 Å². The Kier molecular flexibility index (Phi) is 51.7. The molecule has 386 valence electrons. The highest BCUT2D eigenvalue weighted by atomic mass is 16.6. The Morgan fingerprint density at radius 1 is 0.286 bits per heavy atom. The smallest absolute Gasteiger partial charge is 0.306 e. The van der Waals surface area contributed by atoms with Crippen LogP contribution < -0.4 is 0 Å². The molecule has 0 radical (unpaired) electrons. The van der Waals surface area contributed by atoms with Gasteiger partial charge in [0.2, 0.25) is 0 Å². The van der Waals surface area contributed by atoms with Crippen molar-refractivity contribution < 1.29 is 28.6 Å². The van der Waals surface area contributed by atoms with E-state index in [4.69, 9.17) is 14.2 Å². The number of carbonyl (C=O) groups is 3. The summed E-state index contributed by atoms with van der Waals surface area (Å²) in [6.45, 7) is 6.11.